The average molecular weight is 173 g/mol. The molecule has 0 aromatic heterocycles. The Labute approximate surface area is 74.1 Å². The molecular weight excluding hydrogens is 154 g/mol. The van der Waals surface area contributed by atoms with E-state index in [1.165, 1.54) is 37.2 Å². The van der Waals surface area contributed by atoms with E-state index in [9.17, 15) is 0 Å². The van der Waals surface area contributed by atoms with E-state index in [1.807, 2.05) is 11.8 Å². The zero-order valence-electron chi connectivity index (χ0n) is 7.38. The molecule has 0 heterocycles. The van der Waals surface area contributed by atoms with Crippen LogP contribution in [0.4, 0.5) is 0 Å². The summed E-state index contributed by atoms with van der Waals surface area (Å²) in [7, 11) is 0. The van der Waals surface area contributed by atoms with Crippen LogP contribution in [0, 0.1) is 5.92 Å². The number of thioether (sulfide) groups is 1. The molecule has 11 heavy (non-hydrogen) atoms. The highest BCUT2D eigenvalue weighted by Gasteiger charge is 2.27. The van der Waals surface area contributed by atoms with Gasteiger partial charge in [-0.05, 0) is 43.1 Å². The van der Waals surface area contributed by atoms with Crippen molar-refractivity contribution < 1.29 is 0 Å². The Morgan fingerprint density at radius 1 is 1.55 bits per heavy atom. The first kappa shape index (κ1) is 9.40. The molecule has 1 fully saturated rings. The Kier molecular flexibility index (Phi) is 4.31. The fraction of sp³-hybridized carbons (Fsp3) is 1.00. The molecule has 0 saturated heterocycles. The Bertz CT molecular complexity index is 102. The van der Waals surface area contributed by atoms with Gasteiger partial charge in [-0.2, -0.15) is 11.8 Å². The quantitative estimate of drug-likeness (QED) is 0.623. The van der Waals surface area contributed by atoms with Gasteiger partial charge in [0.2, 0.25) is 0 Å². The van der Waals surface area contributed by atoms with E-state index in [0.29, 0.717) is 6.04 Å². The third kappa shape index (κ3) is 4.02. The van der Waals surface area contributed by atoms with Crippen molar-refractivity contribution in [2.24, 2.45) is 11.7 Å². The zero-order chi connectivity index (χ0) is 8.10. The monoisotopic (exact) mass is 173 g/mol. The second kappa shape index (κ2) is 5.04. The van der Waals surface area contributed by atoms with Crippen LogP contribution in [0.15, 0.2) is 0 Å². The molecular formula is C9H19NS. The Balaban J connectivity index is 1.85. The number of rotatable bonds is 6. The van der Waals surface area contributed by atoms with Gasteiger partial charge in [0.1, 0.15) is 0 Å². The average Bonchev–Trinajstić information content (AvgIpc) is 2.79. The number of hydrogen-bond donors (Lipinski definition) is 1. The van der Waals surface area contributed by atoms with Gasteiger partial charge in [0.25, 0.3) is 0 Å². The first-order valence-electron chi connectivity index (χ1n) is 4.68. The summed E-state index contributed by atoms with van der Waals surface area (Å²) in [5, 5.41) is 0. The minimum absolute atomic E-state index is 0.521. The van der Waals surface area contributed by atoms with Crippen LogP contribution in [0.2, 0.25) is 0 Å². The van der Waals surface area contributed by atoms with Crippen molar-refractivity contribution in [1.82, 2.24) is 0 Å². The maximum atomic E-state index is 5.95. The van der Waals surface area contributed by atoms with Crippen molar-refractivity contribution in [2.45, 2.75) is 38.6 Å². The first-order chi connectivity index (χ1) is 5.34. The lowest BCUT2D eigenvalue weighted by Gasteiger charge is -2.08. The smallest absolute Gasteiger partial charge is 0.00674 e. The van der Waals surface area contributed by atoms with Crippen LogP contribution < -0.4 is 5.73 Å². The largest absolute Gasteiger partial charge is 0.327 e. The summed E-state index contributed by atoms with van der Waals surface area (Å²) in [6.07, 6.45) is 5.35. The number of nitrogens with two attached hydrogens (primary N) is 1. The molecule has 0 aromatic carbocycles. The molecule has 2 N–H and O–H groups in total. The second-order valence-electron chi connectivity index (χ2n) is 3.34. The molecule has 0 bridgehead atoms. The SMILES string of the molecule is CCSCCCC(N)C1CC1. The molecule has 0 amide bonds. The summed E-state index contributed by atoms with van der Waals surface area (Å²) in [5.41, 5.74) is 5.95. The maximum Gasteiger partial charge on any atom is 0.00674 e. The molecule has 1 rings (SSSR count). The van der Waals surface area contributed by atoms with E-state index in [2.05, 4.69) is 6.92 Å². The fourth-order valence-corrected chi connectivity index (χ4v) is 1.98. The van der Waals surface area contributed by atoms with E-state index in [-0.39, 0.29) is 0 Å². The van der Waals surface area contributed by atoms with E-state index < -0.39 is 0 Å². The fourth-order valence-electron chi connectivity index (χ4n) is 1.33. The summed E-state index contributed by atoms with van der Waals surface area (Å²) in [6.45, 7) is 2.21. The summed E-state index contributed by atoms with van der Waals surface area (Å²) in [6, 6.07) is 0.521. The van der Waals surface area contributed by atoms with Gasteiger partial charge in [0, 0.05) is 6.04 Å². The molecule has 0 radical (unpaired) electrons. The molecule has 1 saturated carbocycles. The van der Waals surface area contributed by atoms with Crippen LogP contribution in [-0.4, -0.2) is 17.5 Å². The molecule has 1 unspecified atom stereocenters. The molecule has 0 aliphatic heterocycles. The molecule has 1 nitrogen and oxygen atoms in total. The molecule has 0 aromatic rings. The van der Waals surface area contributed by atoms with Crippen LogP contribution in [0.3, 0.4) is 0 Å². The standard InChI is InChI=1S/C9H19NS/c1-2-11-7-3-4-9(10)8-5-6-8/h8-9H,2-7,10H2,1H3. The first-order valence-corrected chi connectivity index (χ1v) is 5.83. The third-order valence-corrected chi connectivity index (χ3v) is 3.24. The zero-order valence-corrected chi connectivity index (χ0v) is 8.20. The van der Waals surface area contributed by atoms with Crippen molar-refractivity contribution in [2.75, 3.05) is 11.5 Å². The van der Waals surface area contributed by atoms with Gasteiger partial charge in [-0.1, -0.05) is 6.92 Å². The number of hydrogen-bond acceptors (Lipinski definition) is 2. The molecule has 0 spiro atoms. The topological polar surface area (TPSA) is 26.0 Å². The second-order valence-corrected chi connectivity index (χ2v) is 4.73. The predicted octanol–water partition coefficient (Wildman–Crippen LogP) is 2.26. The maximum absolute atomic E-state index is 5.95. The van der Waals surface area contributed by atoms with Gasteiger partial charge in [-0.15, -0.1) is 0 Å². The van der Waals surface area contributed by atoms with E-state index in [4.69, 9.17) is 5.73 Å². The highest BCUT2D eigenvalue weighted by molar-refractivity contribution is 7.99. The molecule has 1 aliphatic carbocycles. The minimum atomic E-state index is 0.521. The van der Waals surface area contributed by atoms with Gasteiger partial charge in [-0.25, -0.2) is 0 Å². The molecule has 1 aliphatic rings. The highest BCUT2D eigenvalue weighted by atomic mass is 32.2. The van der Waals surface area contributed by atoms with Crippen molar-refractivity contribution in [3.8, 4) is 0 Å². The van der Waals surface area contributed by atoms with Gasteiger partial charge in [-0.3, -0.25) is 0 Å². The van der Waals surface area contributed by atoms with Gasteiger partial charge >= 0.3 is 0 Å². The molecule has 2 heteroatoms. The van der Waals surface area contributed by atoms with E-state index >= 15 is 0 Å². The molecule has 1 atom stereocenters. The minimum Gasteiger partial charge on any atom is -0.327 e. The van der Waals surface area contributed by atoms with Crippen molar-refractivity contribution in [3.05, 3.63) is 0 Å². The lowest BCUT2D eigenvalue weighted by atomic mass is 10.1. The van der Waals surface area contributed by atoms with E-state index in [0.717, 1.165) is 5.92 Å². The van der Waals surface area contributed by atoms with Gasteiger partial charge in [0.05, 0.1) is 0 Å². The van der Waals surface area contributed by atoms with Crippen LogP contribution in [0.25, 0.3) is 0 Å². The van der Waals surface area contributed by atoms with Crippen LogP contribution in [-0.2, 0) is 0 Å². The Morgan fingerprint density at radius 3 is 2.82 bits per heavy atom. The summed E-state index contributed by atoms with van der Waals surface area (Å²) < 4.78 is 0. The van der Waals surface area contributed by atoms with Gasteiger partial charge < -0.3 is 5.73 Å². The normalized spacial score (nSPS) is 20.2. The van der Waals surface area contributed by atoms with Crippen LogP contribution >= 0.6 is 11.8 Å². The summed E-state index contributed by atoms with van der Waals surface area (Å²) >= 11 is 2.03. The van der Waals surface area contributed by atoms with Crippen molar-refractivity contribution in [3.63, 3.8) is 0 Å². The summed E-state index contributed by atoms with van der Waals surface area (Å²) in [4.78, 5) is 0. The predicted molar refractivity (Wildman–Crippen MR) is 52.9 cm³/mol. The lowest BCUT2D eigenvalue weighted by molar-refractivity contribution is 0.545. The summed E-state index contributed by atoms with van der Waals surface area (Å²) in [5.74, 6) is 3.44. The Morgan fingerprint density at radius 2 is 2.27 bits per heavy atom. The van der Waals surface area contributed by atoms with Crippen molar-refractivity contribution >= 4 is 11.8 Å². The van der Waals surface area contributed by atoms with Crippen LogP contribution in [0.1, 0.15) is 32.6 Å². The van der Waals surface area contributed by atoms with Gasteiger partial charge in [0.15, 0.2) is 0 Å². The Hall–Kier alpha value is 0.310. The van der Waals surface area contributed by atoms with Crippen LogP contribution in [0.5, 0.6) is 0 Å². The van der Waals surface area contributed by atoms with Crippen molar-refractivity contribution in [1.29, 1.82) is 0 Å². The third-order valence-electron chi connectivity index (χ3n) is 2.26. The lowest BCUT2D eigenvalue weighted by Crippen LogP contribution is -2.22. The van der Waals surface area contributed by atoms with E-state index in [1.54, 1.807) is 0 Å². The molecule has 66 valence electrons. The highest BCUT2D eigenvalue weighted by Crippen LogP contribution is 2.33.